The summed E-state index contributed by atoms with van der Waals surface area (Å²) in [4.78, 5) is 35.7. The number of rotatable bonds is 8. The van der Waals surface area contributed by atoms with Gasteiger partial charge in [-0.2, -0.15) is 0 Å². The second-order valence-corrected chi connectivity index (χ2v) is 7.47. The predicted octanol–water partition coefficient (Wildman–Crippen LogP) is 4.66. The smallest absolute Gasteiger partial charge is 0.309 e. The van der Waals surface area contributed by atoms with Gasteiger partial charge in [0.25, 0.3) is 0 Å². The molecule has 0 radical (unpaired) electrons. The molecule has 0 spiro atoms. The Bertz CT molecular complexity index is 1140. The molecule has 1 aliphatic carbocycles. The molecule has 0 aromatic heterocycles. The van der Waals surface area contributed by atoms with E-state index in [1.165, 1.54) is 18.1 Å². The quantitative estimate of drug-likeness (QED) is 0.310. The molecular formula is C26H22O5. The average molecular weight is 414 g/mol. The summed E-state index contributed by atoms with van der Waals surface area (Å²) in [6.45, 7) is 1.32. The number of Topliss-reactive ketones (excluding diaryl/α,β-unsaturated/α-hetero) is 2. The number of hydrogen-bond donors (Lipinski definition) is 0. The molecule has 0 aliphatic heterocycles. The van der Waals surface area contributed by atoms with E-state index in [0.717, 1.165) is 17.5 Å². The van der Waals surface area contributed by atoms with Crippen molar-refractivity contribution in [3.63, 3.8) is 0 Å². The van der Waals surface area contributed by atoms with Gasteiger partial charge in [0.05, 0.1) is 13.0 Å². The fourth-order valence-corrected chi connectivity index (χ4v) is 3.64. The van der Waals surface area contributed by atoms with Crippen LogP contribution in [0.5, 0.6) is 5.75 Å². The van der Waals surface area contributed by atoms with Crippen LogP contribution in [-0.4, -0.2) is 30.7 Å². The molecule has 0 unspecified atom stereocenters. The highest BCUT2D eigenvalue weighted by atomic mass is 16.5. The second kappa shape index (κ2) is 8.96. The van der Waals surface area contributed by atoms with Gasteiger partial charge in [0, 0.05) is 11.1 Å². The number of carbonyl (C=O) groups is 3. The Morgan fingerprint density at radius 1 is 0.839 bits per heavy atom. The number of benzene rings is 3. The second-order valence-electron chi connectivity index (χ2n) is 7.47. The van der Waals surface area contributed by atoms with Gasteiger partial charge in [0.15, 0.2) is 18.2 Å². The maximum absolute atomic E-state index is 12.5. The average Bonchev–Trinajstić information content (AvgIpc) is 3.15. The van der Waals surface area contributed by atoms with Crippen molar-refractivity contribution in [2.75, 3.05) is 13.2 Å². The van der Waals surface area contributed by atoms with Gasteiger partial charge in [-0.25, -0.2) is 0 Å². The van der Waals surface area contributed by atoms with Crippen LogP contribution in [0, 0.1) is 0 Å². The van der Waals surface area contributed by atoms with Crippen LogP contribution in [-0.2, 0) is 16.0 Å². The summed E-state index contributed by atoms with van der Waals surface area (Å²) in [5.74, 6) is -0.193. The summed E-state index contributed by atoms with van der Waals surface area (Å²) >= 11 is 0. The fraction of sp³-hybridized carbons (Fsp3) is 0.192. The van der Waals surface area contributed by atoms with E-state index in [-0.39, 0.29) is 31.2 Å². The third-order valence-electron chi connectivity index (χ3n) is 5.32. The molecule has 3 aromatic carbocycles. The lowest BCUT2D eigenvalue weighted by molar-refractivity contribution is -0.143. The monoisotopic (exact) mass is 414 g/mol. The first kappa shape index (κ1) is 20.5. The van der Waals surface area contributed by atoms with Crippen molar-refractivity contribution in [1.82, 2.24) is 0 Å². The Kier molecular flexibility index (Phi) is 5.94. The lowest BCUT2D eigenvalue weighted by Crippen LogP contribution is -2.16. The van der Waals surface area contributed by atoms with E-state index in [0.29, 0.717) is 16.9 Å². The largest absolute Gasteiger partial charge is 0.493 e. The molecule has 156 valence electrons. The number of carbonyl (C=O) groups excluding carboxylic acids is 3. The van der Waals surface area contributed by atoms with E-state index in [1.807, 2.05) is 24.3 Å². The predicted molar refractivity (Wildman–Crippen MR) is 117 cm³/mol. The van der Waals surface area contributed by atoms with Crippen molar-refractivity contribution >= 4 is 17.5 Å². The van der Waals surface area contributed by atoms with Gasteiger partial charge in [-0.1, -0.05) is 36.4 Å². The molecule has 0 atom stereocenters. The van der Waals surface area contributed by atoms with Crippen molar-refractivity contribution in [2.45, 2.75) is 19.8 Å². The lowest BCUT2D eigenvalue weighted by Gasteiger charge is -2.08. The van der Waals surface area contributed by atoms with Crippen LogP contribution in [0.4, 0.5) is 0 Å². The summed E-state index contributed by atoms with van der Waals surface area (Å²) in [7, 11) is 0. The lowest BCUT2D eigenvalue weighted by atomic mass is 10.0. The van der Waals surface area contributed by atoms with Crippen molar-refractivity contribution in [3.8, 4) is 16.9 Å². The number of ether oxygens (including phenoxy) is 2. The maximum atomic E-state index is 12.5. The maximum Gasteiger partial charge on any atom is 0.309 e. The normalized spacial score (nSPS) is 11.4. The minimum absolute atomic E-state index is 0.0209. The third-order valence-corrected chi connectivity index (χ3v) is 5.32. The third kappa shape index (κ3) is 4.72. The van der Waals surface area contributed by atoms with Crippen LogP contribution >= 0.6 is 0 Å². The van der Waals surface area contributed by atoms with E-state index in [4.69, 9.17) is 9.47 Å². The fourth-order valence-electron chi connectivity index (χ4n) is 3.64. The SMILES string of the molecule is CC(=O)c1ccc(OCCC(=O)OCC(=O)c2ccc3c(c2)-c2ccccc2C3)cc1. The first-order valence-electron chi connectivity index (χ1n) is 10.1. The number of ketones is 2. The Labute approximate surface area is 180 Å². The van der Waals surface area contributed by atoms with E-state index in [9.17, 15) is 14.4 Å². The van der Waals surface area contributed by atoms with Crippen molar-refractivity contribution in [3.05, 3.63) is 89.0 Å². The van der Waals surface area contributed by atoms with Crippen LogP contribution in [0.1, 0.15) is 45.2 Å². The molecule has 0 bridgehead atoms. The van der Waals surface area contributed by atoms with Gasteiger partial charge in [-0.05, 0) is 65.9 Å². The van der Waals surface area contributed by atoms with Gasteiger partial charge in [0.2, 0.25) is 0 Å². The zero-order valence-electron chi connectivity index (χ0n) is 17.2. The first-order chi connectivity index (χ1) is 15.0. The Morgan fingerprint density at radius 3 is 2.32 bits per heavy atom. The standard InChI is InChI=1S/C26H22O5/c1-17(27)18-8-10-22(11-9-18)30-13-12-26(29)31-16-25(28)21-7-6-20-14-19-4-2-3-5-23(19)24(20)15-21/h2-11,15H,12-14,16H2,1H3. The molecule has 5 heteroatoms. The van der Waals surface area contributed by atoms with Crippen molar-refractivity contribution in [1.29, 1.82) is 0 Å². The minimum atomic E-state index is -0.500. The molecule has 0 saturated carbocycles. The van der Waals surface area contributed by atoms with Crippen LogP contribution in [0.2, 0.25) is 0 Å². The molecule has 0 amide bonds. The van der Waals surface area contributed by atoms with E-state index >= 15 is 0 Å². The molecule has 1 aliphatic rings. The highest BCUT2D eigenvalue weighted by Crippen LogP contribution is 2.36. The summed E-state index contributed by atoms with van der Waals surface area (Å²) in [6, 6.07) is 20.5. The van der Waals surface area contributed by atoms with E-state index in [1.54, 1.807) is 30.3 Å². The Morgan fingerprint density at radius 2 is 1.55 bits per heavy atom. The zero-order chi connectivity index (χ0) is 21.8. The Hall–Kier alpha value is -3.73. The number of hydrogen-bond acceptors (Lipinski definition) is 5. The molecule has 5 nitrogen and oxygen atoms in total. The molecule has 0 heterocycles. The molecule has 0 N–H and O–H groups in total. The van der Waals surface area contributed by atoms with Crippen LogP contribution < -0.4 is 4.74 Å². The number of esters is 1. The molecule has 3 aromatic rings. The van der Waals surface area contributed by atoms with E-state index < -0.39 is 5.97 Å². The zero-order valence-corrected chi connectivity index (χ0v) is 17.2. The summed E-state index contributed by atoms with van der Waals surface area (Å²) in [6.07, 6.45) is 0.895. The molecule has 4 rings (SSSR count). The minimum Gasteiger partial charge on any atom is -0.493 e. The van der Waals surface area contributed by atoms with Gasteiger partial charge in [0.1, 0.15) is 5.75 Å². The van der Waals surface area contributed by atoms with Crippen LogP contribution in [0.25, 0.3) is 11.1 Å². The van der Waals surface area contributed by atoms with Crippen molar-refractivity contribution < 1.29 is 23.9 Å². The van der Waals surface area contributed by atoms with Crippen molar-refractivity contribution in [2.24, 2.45) is 0 Å². The number of fused-ring (bicyclic) bond motifs is 3. The van der Waals surface area contributed by atoms with Gasteiger partial charge in [-0.15, -0.1) is 0 Å². The van der Waals surface area contributed by atoms with Crippen LogP contribution in [0.15, 0.2) is 66.7 Å². The Balaban J connectivity index is 1.26. The summed E-state index contributed by atoms with van der Waals surface area (Å²) < 4.78 is 10.6. The molecule has 31 heavy (non-hydrogen) atoms. The van der Waals surface area contributed by atoms with Gasteiger partial charge >= 0.3 is 5.97 Å². The van der Waals surface area contributed by atoms with Crippen LogP contribution in [0.3, 0.4) is 0 Å². The molecule has 0 saturated heterocycles. The first-order valence-corrected chi connectivity index (χ1v) is 10.1. The molecular weight excluding hydrogens is 392 g/mol. The summed E-state index contributed by atoms with van der Waals surface area (Å²) in [5.41, 5.74) is 5.80. The van der Waals surface area contributed by atoms with Gasteiger partial charge < -0.3 is 9.47 Å². The highest BCUT2D eigenvalue weighted by molar-refractivity contribution is 5.99. The topological polar surface area (TPSA) is 69.7 Å². The highest BCUT2D eigenvalue weighted by Gasteiger charge is 2.20. The van der Waals surface area contributed by atoms with E-state index in [2.05, 4.69) is 12.1 Å². The summed E-state index contributed by atoms with van der Waals surface area (Å²) in [5, 5.41) is 0. The molecule has 0 fully saturated rings. The van der Waals surface area contributed by atoms with Gasteiger partial charge in [-0.3, -0.25) is 14.4 Å².